The third-order valence-electron chi connectivity index (χ3n) is 4.22. The summed E-state index contributed by atoms with van der Waals surface area (Å²) in [5.74, 6) is 0.631. The van der Waals surface area contributed by atoms with Gasteiger partial charge in [0.25, 0.3) is 5.91 Å². The van der Waals surface area contributed by atoms with Crippen molar-refractivity contribution in [1.29, 1.82) is 0 Å². The predicted octanol–water partition coefficient (Wildman–Crippen LogP) is 3.72. The number of carbonyl (C=O) groups excluding carboxylic acids is 1. The average Bonchev–Trinajstić information content (AvgIpc) is 3.18. The first kappa shape index (κ1) is 18.4. The lowest BCUT2D eigenvalue weighted by molar-refractivity contribution is 0.0935. The monoisotopic (exact) mass is 369 g/mol. The van der Waals surface area contributed by atoms with Gasteiger partial charge in [-0.05, 0) is 42.8 Å². The Morgan fingerprint density at radius 1 is 1.11 bits per heavy atom. The molecule has 7 heteroatoms. The molecule has 140 valence electrons. The van der Waals surface area contributed by atoms with Gasteiger partial charge >= 0.3 is 0 Å². The van der Waals surface area contributed by atoms with E-state index in [0.717, 1.165) is 11.1 Å². The van der Waals surface area contributed by atoms with Crippen molar-refractivity contribution in [2.75, 3.05) is 14.2 Å². The molecule has 1 amide bonds. The SMILES string of the molecule is COc1ccc(-c2cc(C(=O)NC(C)c3ccc(F)cc3)[nH]n2)c(OC)c1. The van der Waals surface area contributed by atoms with E-state index in [0.29, 0.717) is 22.9 Å². The Morgan fingerprint density at radius 3 is 2.52 bits per heavy atom. The summed E-state index contributed by atoms with van der Waals surface area (Å²) in [5, 5.41) is 9.81. The molecule has 1 unspecified atom stereocenters. The molecule has 0 fully saturated rings. The molecule has 0 aliphatic heterocycles. The summed E-state index contributed by atoms with van der Waals surface area (Å²) in [6.45, 7) is 1.83. The first-order valence-corrected chi connectivity index (χ1v) is 8.36. The summed E-state index contributed by atoms with van der Waals surface area (Å²) in [6, 6.07) is 12.7. The van der Waals surface area contributed by atoms with Gasteiger partial charge in [0.15, 0.2) is 0 Å². The third kappa shape index (κ3) is 4.08. The molecule has 0 bridgehead atoms. The van der Waals surface area contributed by atoms with E-state index in [1.807, 2.05) is 13.0 Å². The molecule has 3 aromatic rings. The van der Waals surface area contributed by atoms with Crippen molar-refractivity contribution in [1.82, 2.24) is 15.5 Å². The Labute approximate surface area is 156 Å². The number of rotatable bonds is 6. The van der Waals surface area contributed by atoms with Crippen LogP contribution in [-0.2, 0) is 0 Å². The molecule has 0 radical (unpaired) electrons. The second kappa shape index (κ2) is 7.90. The van der Waals surface area contributed by atoms with Crippen molar-refractivity contribution in [3.8, 4) is 22.8 Å². The summed E-state index contributed by atoms with van der Waals surface area (Å²) in [4.78, 5) is 12.5. The average molecular weight is 369 g/mol. The fraction of sp³-hybridized carbons (Fsp3) is 0.200. The van der Waals surface area contributed by atoms with E-state index in [9.17, 15) is 9.18 Å². The molecule has 3 rings (SSSR count). The Balaban J connectivity index is 1.77. The van der Waals surface area contributed by atoms with Crippen molar-refractivity contribution in [2.24, 2.45) is 0 Å². The van der Waals surface area contributed by atoms with Crippen LogP contribution in [0.15, 0.2) is 48.5 Å². The van der Waals surface area contributed by atoms with E-state index in [1.165, 1.54) is 12.1 Å². The maximum absolute atomic E-state index is 13.0. The first-order chi connectivity index (χ1) is 13.0. The molecule has 6 nitrogen and oxygen atoms in total. The number of methoxy groups -OCH3 is 2. The van der Waals surface area contributed by atoms with Crippen molar-refractivity contribution in [2.45, 2.75) is 13.0 Å². The number of ether oxygens (including phenoxy) is 2. The molecule has 2 N–H and O–H groups in total. The molecule has 0 aliphatic carbocycles. The highest BCUT2D eigenvalue weighted by molar-refractivity contribution is 5.93. The standard InChI is InChI=1S/C20H20FN3O3/c1-12(13-4-6-14(21)7-5-13)22-20(25)18-11-17(23-24-18)16-9-8-15(26-2)10-19(16)27-3/h4-12H,1-3H3,(H,22,25)(H,23,24). The number of H-pyrrole nitrogens is 1. The zero-order chi connectivity index (χ0) is 19.4. The van der Waals surface area contributed by atoms with E-state index in [2.05, 4.69) is 15.5 Å². The maximum atomic E-state index is 13.0. The fourth-order valence-electron chi connectivity index (χ4n) is 2.70. The van der Waals surface area contributed by atoms with Crippen LogP contribution < -0.4 is 14.8 Å². The van der Waals surface area contributed by atoms with Gasteiger partial charge in [0, 0.05) is 11.6 Å². The molecule has 0 saturated heterocycles. The van der Waals surface area contributed by atoms with E-state index in [4.69, 9.17) is 9.47 Å². The van der Waals surface area contributed by atoms with Crippen molar-refractivity contribution in [3.63, 3.8) is 0 Å². The highest BCUT2D eigenvalue weighted by Crippen LogP contribution is 2.32. The van der Waals surface area contributed by atoms with Gasteiger partial charge in [-0.3, -0.25) is 9.89 Å². The molecule has 0 spiro atoms. The Bertz CT molecular complexity index is 938. The van der Waals surface area contributed by atoms with E-state index >= 15 is 0 Å². The zero-order valence-electron chi connectivity index (χ0n) is 15.2. The van der Waals surface area contributed by atoms with Gasteiger partial charge in [0.2, 0.25) is 0 Å². The second-order valence-electron chi connectivity index (χ2n) is 5.98. The van der Waals surface area contributed by atoms with Crippen molar-refractivity contribution < 1.29 is 18.7 Å². The van der Waals surface area contributed by atoms with Gasteiger partial charge in [0.05, 0.1) is 26.0 Å². The zero-order valence-corrected chi connectivity index (χ0v) is 15.2. The lowest BCUT2D eigenvalue weighted by Crippen LogP contribution is -2.26. The second-order valence-corrected chi connectivity index (χ2v) is 5.98. The number of hydrogen-bond acceptors (Lipinski definition) is 4. The minimum atomic E-state index is -0.316. The number of aromatic amines is 1. The van der Waals surface area contributed by atoms with Crippen LogP contribution in [0.1, 0.15) is 29.0 Å². The van der Waals surface area contributed by atoms with Gasteiger partial charge < -0.3 is 14.8 Å². The maximum Gasteiger partial charge on any atom is 0.269 e. The normalized spacial score (nSPS) is 11.7. The van der Waals surface area contributed by atoms with Crippen molar-refractivity contribution in [3.05, 3.63) is 65.6 Å². The lowest BCUT2D eigenvalue weighted by Gasteiger charge is -2.13. The van der Waals surface area contributed by atoms with E-state index in [-0.39, 0.29) is 17.8 Å². The summed E-state index contributed by atoms with van der Waals surface area (Å²) in [7, 11) is 3.14. The van der Waals surface area contributed by atoms with E-state index in [1.54, 1.807) is 44.6 Å². The van der Waals surface area contributed by atoms with Gasteiger partial charge in [0.1, 0.15) is 23.0 Å². The number of amides is 1. The summed E-state index contributed by atoms with van der Waals surface area (Å²) >= 11 is 0. The number of halogens is 1. The number of nitrogens with one attached hydrogen (secondary N) is 2. The van der Waals surface area contributed by atoms with Gasteiger partial charge in [-0.1, -0.05) is 12.1 Å². The van der Waals surface area contributed by atoms with Gasteiger partial charge in [-0.2, -0.15) is 5.10 Å². The van der Waals surface area contributed by atoms with Crippen LogP contribution in [0.5, 0.6) is 11.5 Å². The Kier molecular flexibility index (Phi) is 5.40. The Hall–Kier alpha value is -3.35. The van der Waals surface area contributed by atoms with Crippen LogP contribution in [0.25, 0.3) is 11.3 Å². The number of carbonyl (C=O) groups is 1. The molecule has 1 aromatic heterocycles. The Morgan fingerprint density at radius 2 is 1.85 bits per heavy atom. The largest absolute Gasteiger partial charge is 0.497 e. The molecule has 27 heavy (non-hydrogen) atoms. The minimum absolute atomic E-state index is 0.277. The quantitative estimate of drug-likeness (QED) is 0.694. The van der Waals surface area contributed by atoms with Crippen LogP contribution in [0, 0.1) is 5.82 Å². The van der Waals surface area contributed by atoms with Crippen LogP contribution in [0.3, 0.4) is 0 Å². The van der Waals surface area contributed by atoms with Crippen LogP contribution in [-0.4, -0.2) is 30.3 Å². The lowest BCUT2D eigenvalue weighted by atomic mass is 10.1. The number of aromatic nitrogens is 2. The molecular formula is C20H20FN3O3. The molecule has 0 saturated carbocycles. The van der Waals surface area contributed by atoms with Gasteiger partial charge in [-0.25, -0.2) is 4.39 Å². The van der Waals surface area contributed by atoms with Gasteiger partial charge in [-0.15, -0.1) is 0 Å². The molecule has 2 aromatic carbocycles. The summed E-state index contributed by atoms with van der Waals surface area (Å²) < 4.78 is 23.6. The minimum Gasteiger partial charge on any atom is -0.497 e. The summed E-state index contributed by atoms with van der Waals surface area (Å²) in [6.07, 6.45) is 0. The topological polar surface area (TPSA) is 76.2 Å². The molecule has 1 heterocycles. The third-order valence-corrected chi connectivity index (χ3v) is 4.22. The summed E-state index contributed by atoms with van der Waals surface area (Å²) in [5.41, 5.74) is 2.44. The smallest absolute Gasteiger partial charge is 0.269 e. The van der Waals surface area contributed by atoms with Crippen LogP contribution >= 0.6 is 0 Å². The van der Waals surface area contributed by atoms with Crippen LogP contribution in [0.4, 0.5) is 4.39 Å². The number of benzene rings is 2. The number of hydrogen-bond donors (Lipinski definition) is 2. The first-order valence-electron chi connectivity index (χ1n) is 8.36. The molecule has 0 aliphatic rings. The molecule has 1 atom stereocenters. The highest BCUT2D eigenvalue weighted by atomic mass is 19.1. The highest BCUT2D eigenvalue weighted by Gasteiger charge is 2.16. The fourth-order valence-corrected chi connectivity index (χ4v) is 2.70. The van der Waals surface area contributed by atoms with Crippen LogP contribution in [0.2, 0.25) is 0 Å². The number of nitrogens with zero attached hydrogens (tertiary/aromatic N) is 1. The molecular weight excluding hydrogens is 349 g/mol. The van der Waals surface area contributed by atoms with Crippen molar-refractivity contribution >= 4 is 5.91 Å². The van der Waals surface area contributed by atoms with E-state index < -0.39 is 0 Å². The predicted molar refractivity (Wildman–Crippen MR) is 99.4 cm³/mol.